The highest BCUT2D eigenvalue weighted by Crippen LogP contribution is 2.31. The van der Waals surface area contributed by atoms with Gasteiger partial charge in [0.05, 0.1) is 27.3 Å². The zero-order valence-corrected chi connectivity index (χ0v) is 11.7. The minimum Gasteiger partial charge on any atom is -0.373 e. The summed E-state index contributed by atoms with van der Waals surface area (Å²) in [6.07, 6.45) is 0. The SMILES string of the molecule is CNc1ccc([N+](=O)[O-])c(Nc2ccc(C#N)cc2Cl)n1. The molecule has 1 aromatic carbocycles. The highest BCUT2D eigenvalue weighted by atomic mass is 35.5. The molecule has 2 N–H and O–H groups in total. The third-order valence-corrected chi connectivity index (χ3v) is 2.99. The second-order valence-corrected chi connectivity index (χ2v) is 4.41. The summed E-state index contributed by atoms with van der Waals surface area (Å²) in [5.74, 6) is 0.548. The number of hydrogen-bond donors (Lipinski definition) is 2. The van der Waals surface area contributed by atoms with Gasteiger partial charge in [-0.2, -0.15) is 5.26 Å². The van der Waals surface area contributed by atoms with Crippen LogP contribution in [0.5, 0.6) is 0 Å². The van der Waals surface area contributed by atoms with Crippen LogP contribution in [0.2, 0.25) is 5.02 Å². The van der Waals surface area contributed by atoms with Crippen LogP contribution < -0.4 is 10.6 Å². The van der Waals surface area contributed by atoms with Crippen LogP contribution in [0.25, 0.3) is 0 Å². The normalized spacial score (nSPS) is 9.76. The van der Waals surface area contributed by atoms with Crippen LogP contribution in [0.15, 0.2) is 30.3 Å². The van der Waals surface area contributed by atoms with Crippen molar-refractivity contribution in [3.05, 3.63) is 51.0 Å². The predicted octanol–water partition coefficient (Wildman–Crippen LogP) is 3.30. The Balaban J connectivity index is 2.43. The number of halogens is 1. The number of nitriles is 1. The van der Waals surface area contributed by atoms with Crippen molar-refractivity contribution in [2.45, 2.75) is 0 Å². The molecule has 106 valence electrons. The number of hydrogen-bond acceptors (Lipinski definition) is 6. The van der Waals surface area contributed by atoms with E-state index in [1.807, 2.05) is 6.07 Å². The molecule has 2 rings (SSSR count). The van der Waals surface area contributed by atoms with E-state index in [2.05, 4.69) is 15.6 Å². The van der Waals surface area contributed by atoms with Crippen LogP contribution in [-0.2, 0) is 0 Å². The number of nitrogens with zero attached hydrogens (tertiary/aromatic N) is 3. The van der Waals surface area contributed by atoms with Gasteiger partial charge in [-0.3, -0.25) is 10.1 Å². The maximum atomic E-state index is 11.0. The molecule has 0 aliphatic carbocycles. The third-order valence-electron chi connectivity index (χ3n) is 2.68. The zero-order chi connectivity index (χ0) is 15.4. The lowest BCUT2D eigenvalue weighted by Gasteiger charge is -2.09. The molecule has 0 aliphatic rings. The fraction of sp³-hybridized carbons (Fsp3) is 0.0769. The van der Waals surface area contributed by atoms with Gasteiger partial charge < -0.3 is 10.6 Å². The largest absolute Gasteiger partial charge is 0.373 e. The molecule has 0 spiro atoms. The van der Waals surface area contributed by atoms with Gasteiger partial charge in [0, 0.05) is 13.1 Å². The fourth-order valence-corrected chi connectivity index (χ4v) is 1.87. The van der Waals surface area contributed by atoms with Crippen LogP contribution >= 0.6 is 11.6 Å². The maximum absolute atomic E-state index is 11.0. The van der Waals surface area contributed by atoms with Gasteiger partial charge >= 0.3 is 5.69 Å². The molecule has 0 radical (unpaired) electrons. The van der Waals surface area contributed by atoms with E-state index in [0.717, 1.165) is 0 Å². The number of pyridine rings is 1. The van der Waals surface area contributed by atoms with Crippen molar-refractivity contribution in [2.24, 2.45) is 0 Å². The van der Waals surface area contributed by atoms with E-state index in [4.69, 9.17) is 16.9 Å². The first-order valence-corrected chi connectivity index (χ1v) is 6.23. The van der Waals surface area contributed by atoms with Crippen LogP contribution in [0, 0.1) is 21.4 Å². The predicted molar refractivity (Wildman–Crippen MR) is 79.9 cm³/mol. The number of rotatable bonds is 4. The molecule has 0 saturated heterocycles. The monoisotopic (exact) mass is 303 g/mol. The Kier molecular flexibility index (Phi) is 4.21. The van der Waals surface area contributed by atoms with Crippen LogP contribution in [-0.4, -0.2) is 17.0 Å². The quantitative estimate of drug-likeness (QED) is 0.663. The summed E-state index contributed by atoms with van der Waals surface area (Å²) in [5.41, 5.74) is 0.658. The smallest absolute Gasteiger partial charge is 0.311 e. The number of nitrogens with one attached hydrogen (secondary N) is 2. The first kappa shape index (κ1) is 14.6. The molecule has 21 heavy (non-hydrogen) atoms. The molecule has 0 unspecified atom stereocenters. The summed E-state index contributed by atoms with van der Waals surface area (Å²) in [6.45, 7) is 0. The molecule has 0 amide bonds. The summed E-state index contributed by atoms with van der Waals surface area (Å²) < 4.78 is 0. The van der Waals surface area contributed by atoms with Gasteiger partial charge in [-0.15, -0.1) is 0 Å². The second-order valence-electron chi connectivity index (χ2n) is 4.00. The van der Waals surface area contributed by atoms with Gasteiger partial charge in [-0.25, -0.2) is 4.98 Å². The molecule has 0 bridgehead atoms. The second kappa shape index (κ2) is 6.07. The van der Waals surface area contributed by atoms with Gasteiger partial charge in [0.15, 0.2) is 0 Å². The molecule has 0 atom stereocenters. The summed E-state index contributed by atoms with van der Waals surface area (Å²) in [7, 11) is 1.66. The molecule has 0 aliphatic heterocycles. The first-order valence-electron chi connectivity index (χ1n) is 5.85. The topological polar surface area (TPSA) is 104 Å². The summed E-state index contributed by atoms with van der Waals surface area (Å²) in [6, 6.07) is 9.41. The number of aromatic nitrogens is 1. The van der Waals surface area contributed by atoms with Crippen molar-refractivity contribution in [1.29, 1.82) is 5.26 Å². The summed E-state index contributed by atoms with van der Waals surface area (Å²) in [5, 5.41) is 25.7. The lowest BCUT2D eigenvalue weighted by Crippen LogP contribution is -2.02. The first-order chi connectivity index (χ1) is 10.0. The molecule has 7 nitrogen and oxygen atoms in total. The van der Waals surface area contributed by atoms with E-state index in [9.17, 15) is 10.1 Å². The molecule has 1 aromatic heterocycles. The maximum Gasteiger partial charge on any atom is 0.311 e. The van der Waals surface area contributed by atoms with Gasteiger partial charge in [-0.05, 0) is 24.3 Å². The lowest BCUT2D eigenvalue weighted by atomic mass is 10.2. The Morgan fingerprint density at radius 2 is 2.14 bits per heavy atom. The Hall–Kier alpha value is -2.85. The van der Waals surface area contributed by atoms with Gasteiger partial charge in [0.1, 0.15) is 5.82 Å². The van der Waals surface area contributed by atoms with Crippen molar-refractivity contribution in [2.75, 3.05) is 17.7 Å². The average molecular weight is 304 g/mol. The van der Waals surface area contributed by atoms with Crippen molar-refractivity contribution in [3.8, 4) is 6.07 Å². The molecule has 0 fully saturated rings. The van der Waals surface area contributed by atoms with E-state index in [1.54, 1.807) is 19.2 Å². The average Bonchev–Trinajstić information content (AvgIpc) is 2.48. The standard InChI is InChI=1S/C13H10ClN5O2/c1-16-12-5-4-11(19(20)21)13(18-12)17-10-3-2-8(7-15)6-9(10)14/h2-6H,1H3,(H2,16,17,18). The molecule has 0 saturated carbocycles. The molecule has 8 heteroatoms. The van der Waals surface area contributed by atoms with Gasteiger partial charge in [0.25, 0.3) is 0 Å². The van der Waals surface area contributed by atoms with Crippen LogP contribution in [0.1, 0.15) is 5.56 Å². The van der Waals surface area contributed by atoms with Crippen molar-refractivity contribution in [1.82, 2.24) is 4.98 Å². The molecule has 2 aromatic rings. The van der Waals surface area contributed by atoms with E-state index < -0.39 is 4.92 Å². The summed E-state index contributed by atoms with van der Waals surface area (Å²) >= 11 is 6.04. The van der Waals surface area contributed by atoms with Crippen LogP contribution in [0.3, 0.4) is 0 Å². The van der Waals surface area contributed by atoms with E-state index in [1.165, 1.54) is 18.2 Å². The van der Waals surface area contributed by atoms with Gasteiger partial charge in [0.2, 0.25) is 5.82 Å². The van der Waals surface area contributed by atoms with Crippen LogP contribution in [0.4, 0.5) is 23.0 Å². The van der Waals surface area contributed by atoms with Crippen molar-refractivity contribution in [3.63, 3.8) is 0 Å². The van der Waals surface area contributed by atoms with Crippen molar-refractivity contribution < 1.29 is 4.92 Å². The molecule has 1 heterocycles. The third kappa shape index (κ3) is 3.19. The minimum atomic E-state index is -0.535. The highest BCUT2D eigenvalue weighted by Gasteiger charge is 2.17. The van der Waals surface area contributed by atoms with E-state index in [0.29, 0.717) is 17.1 Å². The number of nitro groups is 1. The number of anilines is 3. The minimum absolute atomic E-state index is 0.0680. The van der Waals surface area contributed by atoms with E-state index in [-0.39, 0.29) is 16.5 Å². The lowest BCUT2D eigenvalue weighted by molar-refractivity contribution is -0.384. The molecular formula is C13H10ClN5O2. The molecular weight excluding hydrogens is 294 g/mol. The highest BCUT2D eigenvalue weighted by molar-refractivity contribution is 6.33. The Labute approximate surface area is 125 Å². The summed E-state index contributed by atoms with van der Waals surface area (Å²) in [4.78, 5) is 14.6. The van der Waals surface area contributed by atoms with Gasteiger partial charge in [-0.1, -0.05) is 11.6 Å². The Bertz CT molecular complexity index is 742. The number of benzene rings is 1. The fourth-order valence-electron chi connectivity index (χ4n) is 1.64. The Morgan fingerprint density at radius 3 is 2.71 bits per heavy atom. The Morgan fingerprint density at radius 1 is 1.38 bits per heavy atom. The van der Waals surface area contributed by atoms with E-state index >= 15 is 0 Å². The van der Waals surface area contributed by atoms with Crippen molar-refractivity contribution >= 4 is 34.6 Å². The zero-order valence-electron chi connectivity index (χ0n) is 10.9.